The van der Waals surface area contributed by atoms with E-state index in [9.17, 15) is 19.2 Å². The number of piperidine rings is 2. The predicted molar refractivity (Wildman–Crippen MR) is 191 cm³/mol. The first-order valence-corrected chi connectivity index (χ1v) is 17.7. The minimum absolute atomic E-state index is 0.0673. The van der Waals surface area contributed by atoms with Crippen molar-refractivity contribution in [2.24, 2.45) is 0 Å². The molecule has 18 nitrogen and oxygen atoms in total. The Morgan fingerprint density at radius 2 is 0.827 bits per heavy atom. The van der Waals surface area contributed by atoms with E-state index < -0.39 is 23.9 Å². The second-order valence-electron chi connectivity index (χ2n) is 12.6. The lowest BCUT2D eigenvalue weighted by Crippen LogP contribution is -2.40. The highest BCUT2D eigenvalue weighted by Gasteiger charge is 2.30. The summed E-state index contributed by atoms with van der Waals surface area (Å²) in [6.07, 6.45) is 3.29. The van der Waals surface area contributed by atoms with Gasteiger partial charge < -0.3 is 48.0 Å². The van der Waals surface area contributed by atoms with Crippen molar-refractivity contribution < 1.29 is 47.6 Å². The molecule has 4 rings (SSSR count). The van der Waals surface area contributed by atoms with Gasteiger partial charge in [0.2, 0.25) is 11.9 Å². The second-order valence-corrected chi connectivity index (χ2v) is 12.6. The van der Waals surface area contributed by atoms with Crippen LogP contribution in [0.5, 0.6) is 0 Å². The number of carbonyl (C=O) groups is 4. The fourth-order valence-corrected chi connectivity index (χ4v) is 6.12. The van der Waals surface area contributed by atoms with E-state index in [0.717, 1.165) is 25.7 Å². The van der Waals surface area contributed by atoms with Crippen LogP contribution in [0.2, 0.25) is 0 Å². The molecule has 2 aliphatic heterocycles. The van der Waals surface area contributed by atoms with Crippen LogP contribution in [0.25, 0.3) is 11.0 Å². The third-order valence-electron chi connectivity index (χ3n) is 8.86. The first-order chi connectivity index (χ1) is 25.0. The minimum atomic E-state index is -0.421. The van der Waals surface area contributed by atoms with E-state index in [4.69, 9.17) is 48.4 Å². The zero-order valence-electron chi connectivity index (χ0n) is 31.1. The molecule has 0 amide bonds. The van der Waals surface area contributed by atoms with E-state index in [2.05, 4.69) is 9.80 Å². The van der Waals surface area contributed by atoms with Gasteiger partial charge in [-0.1, -0.05) is 0 Å². The van der Waals surface area contributed by atoms with Gasteiger partial charge in [0, 0.05) is 68.1 Å². The standard InChI is InChI=1S/C34H52N8O10/c1-23(43)49-19-15-41(16-20-50-24(2)44)33-35-29-30(31(37-33)39-11-7-27(47-5)8-12-39)36-34(38-32(29)40-13-9-28(48-6)10-14-40)42(17-21-51-25(3)45)18-22-52-26(4)46/h27-28H,7-22H2,1-6H3. The maximum Gasteiger partial charge on any atom is 0.302 e. The molecule has 2 saturated heterocycles. The summed E-state index contributed by atoms with van der Waals surface area (Å²) in [5.74, 6) is 0.147. The Morgan fingerprint density at radius 3 is 1.08 bits per heavy atom. The molecule has 2 aromatic heterocycles. The van der Waals surface area contributed by atoms with Crippen LogP contribution in [0.3, 0.4) is 0 Å². The molecule has 288 valence electrons. The van der Waals surface area contributed by atoms with E-state index in [1.165, 1.54) is 27.7 Å². The van der Waals surface area contributed by atoms with Gasteiger partial charge >= 0.3 is 23.9 Å². The lowest BCUT2D eigenvalue weighted by atomic mass is 10.1. The van der Waals surface area contributed by atoms with Gasteiger partial charge in [-0.05, 0) is 25.7 Å². The largest absolute Gasteiger partial charge is 0.464 e. The Kier molecular flexibility index (Phi) is 15.4. The number of ether oxygens (including phenoxy) is 6. The molecule has 0 N–H and O–H groups in total. The molecule has 52 heavy (non-hydrogen) atoms. The number of esters is 4. The molecule has 0 aliphatic carbocycles. The number of hydrogen-bond acceptors (Lipinski definition) is 18. The van der Waals surface area contributed by atoms with E-state index in [1.807, 2.05) is 9.80 Å². The third kappa shape index (κ3) is 11.7. The molecule has 2 aromatic rings. The summed E-state index contributed by atoms with van der Waals surface area (Å²) in [6.45, 7) is 9.16. The number of rotatable bonds is 18. The highest BCUT2D eigenvalue weighted by Crippen LogP contribution is 2.35. The number of aromatic nitrogens is 4. The van der Waals surface area contributed by atoms with Gasteiger partial charge in [-0.25, -0.2) is 9.97 Å². The molecule has 0 aromatic carbocycles. The number of methoxy groups -OCH3 is 2. The maximum atomic E-state index is 11.7. The van der Waals surface area contributed by atoms with Crippen molar-refractivity contribution >= 4 is 58.4 Å². The number of fused-ring (bicyclic) bond motifs is 1. The van der Waals surface area contributed by atoms with E-state index in [0.29, 0.717) is 60.7 Å². The summed E-state index contributed by atoms with van der Waals surface area (Å²) in [5.41, 5.74) is 1.02. The van der Waals surface area contributed by atoms with E-state index in [-0.39, 0.29) is 64.8 Å². The normalized spacial score (nSPS) is 15.3. The molecule has 18 heteroatoms. The smallest absolute Gasteiger partial charge is 0.302 e. The van der Waals surface area contributed by atoms with Crippen LogP contribution in [0.1, 0.15) is 53.4 Å². The Bertz CT molecular complexity index is 1360. The predicted octanol–water partition coefficient (Wildman–Crippen LogP) is 1.52. The quantitative estimate of drug-likeness (QED) is 0.158. The monoisotopic (exact) mass is 732 g/mol. The van der Waals surface area contributed by atoms with Gasteiger partial charge in [-0.15, -0.1) is 0 Å². The molecule has 0 spiro atoms. The van der Waals surface area contributed by atoms with Crippen molar-refractivity contribution in [2.75, 3.05) is 113 Å². The van der Waals surface area contributed by atoms with Gasteiger partial charge in [0.05, 0.1) is 38.4 Å². The summed E-state index contributed by atoms with van der Waals surface area (Å²) >= 11 is 0. The van der Waals surface area contributed by atoms with Crippen molar-refractivity contribution in [3.05, 3.63) is 0 Å². The Labute approximate surface area is 304 Å². The van der Waals surface area contributed by atoms with Crippen molar-refractivity contribution in [3.8, 4) is 0 Å². The zero-order chi connectivity index (χ0) is 37.6. The second kappa shape index (κ2) is 19.9. The molecular formula is C34H52N8O10. The fourth-order valence-electron chi connectivity index (χ4n) is 6.12. The summed E-state index contributed by atoms with van der Waals surface area (Å²) in [7, 11) is 3.42. The van der Waals surface area contributed by atoms with Gasteiger partial charge in [0.15, 0.2) is 11.6 Å². The molecule has 4 heterocycles. The molecular weight excluding hydrogens is 680 g/mol. The van der Waals surface area contributed by atoms with E-state index in [1.54, 1.807) is 14.2 Å². The van der Waals surface area contributed by atoms with Crippen molar-refractivity contribution in [3.63, 3.8) is 0 Å². The lowest BCUT2D eigenvalue weighted by Gasteiger charge is -2.35. The van der Waals surface area contributed by atoms with Gasteiger partial charge in [0.1, 0.15) is 37.5 Å². The first-order valence-electron chi connectivity index (χ1n) is 17.7. The van der Waals surface area contributed by atoms with Gasteiger partial charge in [-0.3, -0.25) is 19.2 Å². The first kappa shape index (κ1) is 40.2. The maximum absolute atomic E-state index is 11.7. The van der Waals surface area contributed by atoms with Crippen LogP contribution in [0.15, 0.2) is 0 Å². The topological polar surface area (TPSA) is 188 Å². The molecule has 0 bridgehead atoms. The summed E-state index contributed by atoms with van der Waals surface area (Å²) in [5, 5.41) is 0. The van der Waals surface area contributed by atoms with Crippen LogP contribution < -0.4 is 19.6 Å². The summed E-state index contributed by atoms with van der Waals surface area (Å²) in [4.78, 5) is 74.9. The number of carbonyl (C=O) groups excluding carboxylic acids is 4. The Morgan fingerprint density at radius 1 is 0.538 bits per heavy atom. The molecule has 2 fully saturated rings. The molecule has 0 unspecified atom stereocenters. The number of nitrogens with zero attached hydrogens (tertiary/aromatic N) is 8. The fraction of sp³-hybridized carbons (Fsp3) is 0.706. The molecule has 2 aliphatic rings. The average molecular weight is 733 g/mol. The molecule has 0 radical (unpaired) electrons. The van der Waals surface area contributed by atoms with Crippen molar-refractivity contribution in [1.82, 2.24) is 19.9 Å². The highest BCUT2D eigenvalue weighted by molar-refractivity contribution is 5.95. The van der Waals surface area contributed by atoms with Crippen LogP contribution >= 0.6 is 0 Å². The van der Waals surface area contributed by atoms with Crippen LogP contribution in [-0.2, 0) is 47.6 Å². The minimum Gasteiger partial charge on any atom is -0.464 e. The van der Waals surface area contributed by atoms with Crippen LogP contribution in [0, 0.1) is 0 Å². The SMILES string of the molecule is COC1CCN(c2nc(N(CCOC(C)=O)CCOC(C)=O)nc3c(N4CCC(OC)CC4)nc(N(CCOC(C)=O)CCOC(C)=O)nc23)CC1. The number of anilines is 4. The average Bonchev–Trinajstić information content (AvgIpc) is 3.12. The zero-order valence-corrected chi connectivity index (χ0v) is 31.1. The summed E-state index contributed by atoms with van der Waals surface area (Å²) < 4.78 is 32.4. The number of hydrogen-bond donors (Lipinski definition) is 0. The third-order valence-corrected chi connectivity index (χ3v) is 8.86. The van der Waals surface area contributed by atoms with Crippen molar-refractivity contribution in [1.29, 1.82) is 0 Å². The lowest BCUT2D eigenvalue weighted by molar-refractivity contribution is -0.142. The van der Waals surface area contributed by atoms with Crippen LogP contribution in [0.4, 0.5) is 23.5 Å². The van der Waals surface area contributed by atoms with Crippen LogP contribution in [-0.4, -0.2) is 149 Å². The van der Waals surface area contributed by atoms with Gasteiger partial charge in [0.25, 0.3) is 0 Å². The highest BCUT2D eigenvalue weighted by atomic mass is 16.5. The van der Waals surface area contributed by atoms with Gasteiger partial charge in [-0.2, -0.15) is 9.97 Å². The summed E-state index contributed by atoms with van der Waals surface area (Å²) in [6, 6.07) is 0. The Hall–Kier alpha value is -4.58. The molecule has 0 atom stereocenters. The van der Waals surface area contributed by atoms with Crippen molar-refractivity contribution in [2.45, 2.75) is 65.6 Å². The molecule has 0 saturated carbocycles. The van der Waals surface area contributed by atoms with E-state index >= 15 is 0 Å². The Balaban J connectivity index is 1.90.